The fraction of sp³-hybridized carbons (Fsp3) is 0.467. The molecule has 20 heavy (non-hydrogen) atoms. The molecule has 4 N–H and O–H groups in total. The normalized spacial score (nSPS) is 21.5. The molecule has 108 valence electrons. The van der Waals surface area contributed by atoms with E-state index in [1.54, 1.807) is 19.2 Å². The van der Waals surface area contributed by atoms with E-state index in [-0.39, 0.29) is 23.8 Å². The minimum absolute atomic E-state index is 0.0344. The topological polar surface area (TPSA) is 84.2 Å². The van der Waals surface area contributed by atoms with E-state index in [0.717, 1.165) is 24.8 Å². The van der Waals surface area contributed by atoms with Crippen LogP contribution in [-0.2, 0) is 11.3 Å². The number of benzene rings is 1. The molecule has 0 saturated heterocycles. The largest absolute Gasteiger partial charge is 0.355 e. The van der Waals surface area contributed by atoms with Gasteiger partial charge in [-0.1, -0.05) is 12.1 Å². The van der Waals surface area contributed by atoms with Gasteiger partial charge >= 0.3 is 0 Å². The fourth-order valence-electron chi connectivity index (χ4n) is 2.55. The monoisotopic (exact) mass is 275 g/mol. The lowest BCUT2D eigenvalue weighted by atomic mass is 10.1. The van der Waals surface area contributed by atoms with Gasteiger partial charge in [-0.25, -0.2) is 0 Å². The van der Waals surface area contributed by atoms with Crippen molar-refractivity contribution in [2.24, 2.45) is 11.7 Å². The first-order chi connectivity index (χ1) is 9.60. The van der Waals surface area contributed by atoms with Crippen molar-refractivity contribution in [2.45, 2.75) is 31.8 Å². The van der Waals surface area contributed by atoms with Crippen LogP contribution in [0, 0.1) is 5.92 Å². The molecule has 0 radical (unpaired) electrons. The molecule has 2 unspecified atom stereocenters. The molecule has 1 aliphatic carbocycles. The molecule has 0 aliphatic heterocycles. The lowest BCUT2D eigenvalue weighted by Gasteiger charge is -2.11. The summed E-state index contributed by atoms with van der Waals surface area (Å²) >= 11 is 0. The maximum absolute atomic E-state index is 12.0. The maximum Gasteiger partial charge on any atom is 0.251 e. The minimum atomic E-state index is -0.125. The zero-order valence-electron chi connectivity index (χ0n) is 11.7. The van der Waals surface area contributed by atoms with Crippen molar-refractivity contribution in [1.82, 2.24) is 10.6 Å². The number of nitrogens with one attached hydrogen (secondary N) is 2. The van der Waals surface area contributed by atoms with Gasteiger partial charge in [0, 0.05) is 31.1 Å². The number of hydrogen-bond donors (Lipinski definition) is 3. The van der Waals surface area contributed by atoms with Crippen molar-refractivity contribution in [1.29, 1.82) is 0 Å². The molecule has 0 heterocycles. The maximum atomic E-state index is 12.0. The van der Waals surface area contributed by atoms with Crippen LogP contribution < -0.4 is 16.4 Å². The summed E-state index contributed by atoms with van der Waals surface area (Å²) in [5.74, 6) is -0.0321. The summed E-state index contributed by atoms with van der Waals surface area (Å²) in [6.45, 7) is 0.440. The van der Waals surface area contributed by atoms with Crippen LogP contribution >= 0.6 is 0 Å². The van der Waals surface area contributed by atoms with E-state index in [0.29, 0.717) is 12.1 Å². The second-order valence-electron chi connectivity index (χ2n) is 5.27. The van der Waals surface area contributed by atoms with Crippen LogP contribution in [0.5, 0.6) is 0 Å². The van der Waals surface area contributed by atoms with Gasteiger partial charge in [-0.2, -0.15) is 0 Å². The third-order valence-electron chi connectivity index (χ3n) is 3.73. The number of nitrogens with two attached hydrogens (primary N) is 1. The van der Waals surface area contributed by atoms with Gasteiger partial charge in [0.15, 0.2) is 0 Å². The Kier molecular flexibility index (Phi) is 4.74. The summed E-state index contributed by atoms with van der Waals surface area (Å²) in [5, 5.41) is 5.50. The first-order valence-electron chi connectivity index (χ1n) is 6.94. The highest BCUT2D eigenvalue weighted by atomic mass is 16.2. The first-order valence-corrected chi connectivity index (χ1v) is 6.94. The van der Waals surface area contributed by atoms with Gasteiger partial charge in [-0.05, 0) is 37.0 Å². The summed E-state index contributed by atoms with van der Waals surface area (Å²) in [7, 11) is 1.60. The van der Waals surface area contributed by atoms with Crippen LogP contribution in [0.2, 0.25) is 0 Å². The number of rotatable bonds is 4. The average Bonchev–Trinajstić information content (AvgIpc) is 2.91. The Morgan fingerprint density at radius 2 is 2.15 bits per heavy atom. The van der Waals surface area contributed by atoms with Crippen molar-refractivity contribution >= 4 is 11.8 Å². The summed E-state index contributed by atoms with van der Waals surface area (Å²) in [4.78, 5) is 23.5. The van der Waals surface area contributed by atoms with Gasteiger partial charge in [0.25, 0.3) is 5.91 Å². The molecule has 1 aromatic carbocycles. The lowest BCUT2D eigenvalue weighted by Crippen LogP contribution is -2.30. The Balaban J connectivity index is 1.90. The smallest absolute Gasteiger partial charge is 0.251 e. The third-order valence-corrected chi connectivity index (χ3v) is 3.73. The summed E-state index contributed by atoms with van der Waals surface area (Å²) < 4.78 is 0. The number of carbonyl (C=O) groups excluding carboxylic acids is 2. The molecule has 0 bridgehead atoms. The molecule has 5 heteroatoms. The second kappa shape index (κ2) is 6.52. The highest BCUT2D eigenvalue weighted by Gasteiger charge is 2.27. The van der Waals surface area contributed by atoms with Crippen LogP contribution in [0.1, 0.15) is 35.2 Å². The zero-order chi connectivity index (χ0) is 14.5. The quantitative estimate of drug-likeness (QED) is 0.759. The van der Waals surface area contributed by atoms with Gasteiger partial charge in [0.2, 0.25) is 5.91 Å². The van der Waals surface area contributed by atoms with E-state index in [9.17, 15) is 9.59 Å². The second-order valence-corrected chi connectivity index (χ2v) is 5.27. The lowest BCUT2D eigenvalue weighted by molar-refractivity contribution is -0.125. The summed E-state index contributed by atoms with van der Waals surface area (Å²) in [6.07, 6.45) is 2.56. The first kappa shape index (κ1) is 14.5. The molecule has 1 saturated carbocycles. The predicted molar refractivity (Wildman–Crippen MR) is 77.0 cm³/mol. The number of carbonyl (C=O) groups is 2. The SMILES string of the molecule is CNC(=O)c1cccc(CNC(=O)C2CCC(N)C2)c1. The Hall–Kier alpha value is -1.88. The number of hydrogen-bond acceptors (Lipinski definition) is 3. The van der Waals surface area contributed by atoms with Gasteiger partial charge < -0.3 is 16.4 Å². The van der Waals surface area contributed by atoms with Crippen molar-refractivity contribution in [3.63, 3.8) is 0 Å². The molecule has 2 amide bonds. The molecule has 2 rings (SSSR count). The van der Waals surface area contributed by atoms with E-state index in [4.69, 9.17) is 5.73 Å². The molecule has 1 aromatic rings. The van der Waals surface area contributed by atoms with Gasteiger partial charge in [0.05, 0.1) is 0 Å². The van der Waals surface area contributed by atoms with Crippen molar-refractivity contribution in [3.05, 3.63) is 35.4 Å². The molecule has 5 nitrogen and oxygen atoms in total. The van der Waals surface area contributed by atoms with Crippen molar-refractivity contribution < 1.29 is 9.59 Å². The molecule has 0 aromatic heterocycles. The van der Waals surface area contributed by atoms with Crippen LogP contribution in [0.4, 0.5) is 0 Å². The predicted octanol–water partition coefficient (Wildman–Crippen LogP) is 0.790. The van der Waals surface area contributed by atoms with Crippen LogP contribution in [0.25, 0.3) is 0 Å². The van der Waals surface area contributed by atoms with E-state index in [1.807, 2.05) is 12.1 Å². The summed E-state index contributed by atoms with van der Waals surface area (Å²) in [6, 6.07) is 7.41. The van der Waals surface area contributed by atoms with Crippen LogP contribution in [0.15, 0.2) is 24.3 Å². The molecular weight excluding hydrogens is 254 g/mol. The summed E-state index contributed by atoms with van der Waals surface area (Å²) in [5.41, 5.74) is 7.33. The van der Waals surface area contributed by atoms with Gasteiger partial charge in [-0.15, -0.1) is 0 Å². The molecular formula is C15H21N3O2. The molecule has 1 aliphatic rings. The highest BCUT2D eigenvalue weighted by molar-refractivity contribution is 5.94. The van der Waals surface area contributed by atoms with Crippen molar-refractivity contribution in [2.75, 3.05) is 7.05 Å². The van der Waals surface area contributed by atoms with Crippen molar-refractivity contribution in [3.8, 4) is 0 Å². The molecule has 0 spiro atoms. The van der Waals surface area contributed by atoms with E-state index < -0.39 is 0 Å². The van der Waals surface area contributed by atoms with E-state index >= 15 is 0 Å². The average molecular weight is 275 g/mol. The van der Waals surface area contributed by atoms with Crippen LogP contribution in [-0.4, -0.2) is 24.9 Å². The molecule has 1 fully saturated rings. The Morgan fingerprint density at radius 1 is 1.35 bits per heavy atom. The Bertz CT molecular complexity index is 502. The minimum Gasteiger partial charge on any atom is -0.355 e. The van der Waals surface area contributed by atoms with Crippen LogP contribution in [0.3, 0.4) is 0 Å². The molecule has 2 atom stereocenters. The Morgan fingerprint density at radius 3 is 2.80 bits per heavy atom. The highest BCUT2D eigenvalue weighted by Crippen LogP contribution is 2.24. The third kappa shape index (κ3) is 3.57. The Labute approximate surface area is 118 Å². The number of amides is 2. The zero-order valence-corrected chi connectivity index (χ0v) is 11.7. The van der Waals surface area contributed by atoms with Gasteiger partial charge in [0.1, 0.15) is 0 Å². The van der Waals surface area contributed by atoms with Gasteiger partial charge in [-0.3, -0.25) is 9.59 Å². The van der Waals surface area contributed by atoms with E-state index in [1.165, 1.54) is 0 Å². The standard InChI is InChI=1S/C15H21N3O2/c1-17-14(19)11-4-2-3-10(7-11)9-18-15(20)12-5-6-13(16)8-12/h2-4,7,12-13H,5-6,8-9,16H2,1H3,(H,17,19)(H,18,20). The fourth-order valence-corrected chi connectivity index (χ4v) is 2.55. The van der Waals surface area contributed by atoms with E-state index in [2.05, 4.69) is 10.6 Å².